The number of aromatic nitrogens is 2. The molecule has 0 radical (unpaired) electrons. The highest BCUT2D eigenvalue weighted by Gasteiger charge is 2.14. The third kappa shape index (κ3) is 2.72. The van der Waals surface area contributed by atoms with E-state index in [1.54, 1.807) is 30.3 Å². The molecule has 0 aliphatic carbocycles. The number of hydrogen-bond donors (Lipinski definition) is 4. The van der Waals surface area contributed by atoms with E-state index in [4.69, 9.17) is 11.6 Å². The highest BCUT2D eigenvalue weighted by Crippen LogP contribution is 2.31. The molecule has 4 aromatic rings. The largest absolute Gasteiger partial charge is 0.477 e. The summed E-state index contributed by atoms with van der Waals surface area (Å²) in [6, 6.07) is 13.3. The second-order valence-corrected chi connectivity index (χ2v) is 6.06. The molecular weight excluding hydrogens is 342 g/mol. The number of halogens is 1. The van der Waals surface area contributed by atoms with Gasteiger partial charge in [0.2, 0.25) is 0 Å². The first-order valence-electron chi connectivity index (χ1n) is 7.46. The number of pyridine rings is 1. The Balaban J connectivity index is 1.99. The smallest absolute Gasteiger partial charge is 0.352 e. The molecule has 25 heavy (non-hydrogen) atoms. The quantitative estimate of drug-likeness (QED) is 0.445. The Hall–Kier alpha value is -3.25. The lowest BCUT2D eigenvalue weighted by molar-refractivity contribution is 0.0691. The van der Waals surface area contributed by atoms with Crippen molar-refractivity contribution in [1.82, 2.24) is 9.97 Å². The van der Waals surface area contributed by atoms with Crippen LogP contribution >= 0.6 is 11.6 Å². The molecule has 0 amide bonds. The fraction of sp³-hybridized carbons (Fsp3) is 0. The highest BCUT2D eigenvalue weighted by atomic mass is 35.5. The van der Waals surface area contributed by atoms with Gasteiger partial charge in [-0.2, -0.15) is 0 Å². The van der Waals surface area contributed by atoms with Crippen molar-refractivity contribution < 1.29 is 9.90 Å². The average molecular weight is 354 g/mol. The third-order valence-corrected chi connectivity index (χ3v) is 4.17. The minimum Gasteiger partial charge on any atom is -0.477 e. The van der Waals surface area contributed by atoms with Crippen molar-refractivity contribution in [3.05, 3.63) is 69.5 Å². The monoisotopic (exact) mass is 353 g/mol. The zero-order chi connectivity index (χ0) is 17.6. The van der Waals surface area contributed by atoms with Crippen molar-refractivity contribution in [2.75, 3.05) is 5.32 Å². The van der Waals surface area contributed by atoms with E-state index in [-0.39, 0.29) is 11.1 Å². The molecule has 0 fully saturated rings. The van der Waals surface area contributed by atoms with E-state index in [9.17, 15) is 14.7 Å². The highest BCUT2D eigenvalue weighted by molar-refractivity contribution is 6.30. The Morgan fingerprint density at radius 1 is 1.04 bits per heavy atom. The van der Waals surface area contributed by atoms with Gasteiger partial charge in [0.25, 0.3) is 0 Å². The van der Waals surface area contributed by atoms with Gasteiger partial charge >= 0.3 is 5.97 Å². The molecule has 6 nitrogen and oxygen atoms in total. The predicted octanol–water partition coefficient (Wildman–Crippen LogP) is 4.10. The number of carboxylic acid groups (broad SMARTS) is 1. The second kappa shape index (κ2) is 5.68. The van der Waals surface area contributed by atoms with Gasteiger partial charge in [0.1, 0.15) is 11.5 Å². The van der Waals surface area contributed by atoms with E-state index >= 15 is 0 Å². The summed E-state index contributed by atoms with van der Waals surface area (Å²) in [5, 5.41) is 14.6. The van der Waals surface area contributed by atoms with Crippen LogP contribution in [-0.4, -0.2) is 21.0 Å². The van der Waals surface area contributed by atoms with E-state index in [0.717, 1.165) is 5.39 Å². The van der Waals surface area contributed by atoms with Crippen molar-refractivity contribution in [2.45, 2.75) is 0 Å². The van der Waals surface area contributed by atoms with Gasteiger partial charge < -0.3 is 20.4 Å². The number of anilines is 2. The van der Waals surface area contributed by atoms with Crippen molar-refractivity contribution in [3.63, 3.8) is 0 Å². The number of nitrogens with one attached hydrogen (secondary N) is 3. The van der Waals surface area contributed by atoms with E-state index < -0.39 is 5.97 Å². The van der Waals surface area contributed by atoms with Gasteiger partial charge in [-0.3, -0.25) is 4.79 Å². The number of aromatic amines is 2. The van der Waals surface area contributed by atoms with Gasteiger partial charge in [-0.05, 0) is 36.4 Å². The van der Waals surface area contributed by atoms with Gasteiger partial charge in [-0.15, -0.1) is 0 Å². The zero-order valence-corrected chi connectivity index (χ0v) is 13.5. The van der Waals surface area contributed by atoms with Gasteiger partial charge in [0.15, 0.2) is 5.43 Å². The van der Waals surface area contributed by atoms with E-state index in [1.165, 1.54) is 12.1 Å². The van der Waals surface area contributed by atoms with E-state index in [1.807, 2.05) is 6.07 Å². The van der Waals surface area contributed by atoms with E-state index in [2.05, 4.69) is 15.3 Å². The molecule has 2 aromatic carbocycles. The lowest BCUT2D eigenvalue weighted by Crippen LogP contribution is -2.03. The molecule has 0 unspecified atom stereocenters. The summed E-state index contributed by atoms with van der Waals surface area (Å²) in [4.78, 5) is 29.1. The van der Waals surface area contributed by atoms with Crippen LogP contribution in [0.1, 0.15) is 10.5 Å². The van der Waals surface area contributed by atoms with Gasteiger partial charge in [-0.1, -0.05) is 17.7 Å². The molecule has 0 atom stereocenters. The van der Waals surface area contributed by atoms with E-state index in [0.29, 0.717) is 32.9 Å². The summed E-state index contributed by atoms with van der Waals surface area (Å²) >= 11 is 6.01. The fourth-order valence-electron chi connectivity index (χ4n) is 2.84. The number of carbonyl (C=O) groups is 1. The van der Waals surface area contributed by atoms with Crippen molar-refractivity contribution in [3.8, 4) is 0 Å². The number of fused-ring (bicyclic) bond motifs is 3. The van der Waals surface area contributed by atoms with Crippen LogP contribution in [0, 0.1) is 0 Å². The zero-order valence-electron chi connectivity index (χ0n) is 12.8. The average Bonchev–Trinajstić information content (AvgIpc) is 2.92. The molecule has 0 bridgehead atoms. The topological polar surface area (TPSA) is 98.0 Å². The van der Waals surface area contributed by atoms with Crippen LogP contribution in [0.5, 0.6) is 0 Å². The number of aromatic carboxylic acids is 1. The summed E-state index contributed by atoms with van der Waals surface area (Å²) in [6.07, 6.45) is 0. The molecule has 2 heterocycles. The molecule has 124 valence electrons. The molecule has 0 aliphatic rings. The van der Waals surface area contributed by atoms with Crippen LogP contribution in [0.2, 0.25) is 5.02 Å². The maximum Gasteiger partial charge on any atom is 0.352 e. The number of carboxylic acids is 1. The maximum atomic E-state index is 11.6. The summed E-state index contributed by atoms with van der Waals surface area (Å²) in [6.45, 7) is 0. The summed E-state index contributed by atoms with van der Waals surface area (Å²) < 4.78 is 0. The van der Waals surface area contributed by atoms with Crippen LogP contribution in [0.3, 0.4) is 0 Å². The SMILES string of the molecule is O=C(O)c1cc2c([nH]c3cc(=O)ccc32)c(Nc2cccc(Cl)c2)[nH]1. The second-order valence-electron chi connectivity index (χ2n) is 5.62. The van der Waals surface area contributed by atoms with Crippen LogP contribution < -0.4 is 10.7 Å². The van der Waals surface area contributed by atoms with Crippen LogP contribution in [0.25, 0.3) is 21.8 Å². The lowest BCUT2D eigenvalue weighted by Gasteiger charge is -2.10. The third-order valence-electron chi connectivity index (χ3n) is 3.93. The summed E-state index contributed by atoms with van der Waals surface area (Å²) in [5.41, 5.74) is 1.93. The Morgan fingerprint density at radius 3 is 2.64 bits per heavy atom. The number of benzene rings is 2. The normalized spacial score (nSPS) is 11.1. The van der Waals surface area contributed by atoms with Gasteiger partial charge in [0.05, 0.1) is 11.0 Å². The van der Waals surface area contributed by atoms with Gasteiger partial charge in [-0.25, -0.2) is 4.79 Å². The Kier molecular flexibility index (Phi) is 3.47. The summed E-state index contributed by atoms with van der Waals surface area (Å²) in [5.74, 6) is -0.605. The Bertz CT molecular complexity index is 1190. The molecule has 4 rings (SSSR count). The van der Waals surface area contributed by atoms with Crippen molar-refractivity contribution in [1.29, 1.82) is 0 Å². The minimum atomic E-state index is -1.08. The number of H-pyrrole nitrogens is 2. The standard InChI is InChI=1S/C18H12ClN3O3/c19-9-2-1-3-10(6-9)20-17-16-13(8-15(22-17)18(24)25)12-5-4-11(23)7-14(12)21-16/h1-8,20-22H,(H,24,25). The first kappa shape index (κ1) is 15.3. The van der Waals surface area contributed by atoms with Crippen molar-refractivity contribution in [2.24, 2.45) is 0 Å². The Labute approximate surface area is 146 Å². The van der Waals surface area contributed by atoms with Crippen LogP contribution in [0.4, 0.5) is 11.5 Å². The minimum absolute atomic E-state index is 0.0316. The fourth-order valence-corrected chi connectivity index (χ4v) is 3.03. The molecule has 0 saturated carbocycles. The molecule has 7 heteroatoms. The number of rotatable bonds is 3. The lowest BCUT2D eigenvalue weighted by atomic mass is 10.1. The molecule has 0 spiro atoms. The maximum absolute atomic E-state index is 11.6. The first-order valence-corrected chi connectivity index (χ1v) is 7.84. The number of hydrogen-bond acceptors (Lipinski definition) is 3. The molecule has 0 saturated heterocycles. The van der Waals surface area contributed by atoms with Crippen LogP contribution in [0.15, 0.2) is 53.3 Å². The van der Waals surface area contributed by atoms with Crippen molar-refractivity contribution >= 4 is 50.9 Å². The molecular formula is C18H12ClN3O3. The molecule has 4 N–H and O–H groups in total. The Morgan fingerprint density at radius 2 is 1.88 bits per heavy atom. The first-order chi connectivity index (χ1) is 12.0. The molecule has 2 aromatic heterocycles. The van der Waals surface area contributed by atoms with Crippen LogP contribution in [-0.2, 0) is 0 Å². The molecule has 0 aliphatic heterocycles. The predicted molar refractivity (Wildman–Crippen MR) is 98.1 cm³/mol. The van der Waals surface area contributed by atoms with Gasteiger partial charge in [0, 0.05) is 27.5 Å². The summed E-state index contributed by atoms with van der Waals surface area (Å²) in [7, 11) is 0.